The molecule has 0 aliphatic carbocycles. The van der Waals surface area contributed by atoms with Crippen molar-refractivity contribution < 1.29 is 18.5 Å². The van der Waals surface area contributed by atoms with Crippen LogP contribution in [0.2, 0.25) is 0 Å². The van der Waals surface area contributed by atoms with Crippen LogP contribution in [0.1, 0.15) is 28.9 Å². The predicted octanol–water partition coefficient (Wildman–Crippen LogP) is 2.35. The van der Waals surface area contributed by atoms with E-state index in [1.54, 1.807) is 25.1 Å². The average molecular weight is 368 g/mol. The lowest BCUT2D eigenvalue weighted by molar-refractivity contribution is -0.124. The topological polar surface area (TPSA) is 97.1 Å². The Labute approximate surface area is 153 Å². The van der Waals surface area contributed by atoms with Crippen molar-refractivity contribution in [3.8, 4) is 11.3 Å². The summed E-state index contributed by atoms with van der Waals surface area (Å²) in [4.78, 5) is 29.2. The van der Waals surface area contributed by atoms with Gasteiger partial charge in [-0.15, -0.1) is 0 Å². The van der Waals surface area contributed by atoms with E-state index in [4.69, 9.17) is 4.52 Å². The molecule has 7 nitrogen and oxygen atoms in total. The van der Waals surface area contributed by atoms with E-state index >= 15 is 0 Å². The molecule has 0 spiro atoms. The maximum absolute atomic E-state index is 14.2. The second kappa shape index (κ2) is 6.79. The first-order chi connectivity index (χ1) is 13.0. The standard InChI is InChI=1S/C19H17FN4O3/c1-10-16-12(17(25)22-14-7-4-8-21-18(14)26)9-15(23-19(16)27-24-10)11-5-2-3-6-13(11)20/h2-3,5-6,9,14H,4,7-8H2,1H3,(H,21,26)(H,22,25). The van der Waals surface area contributed by atoms with E-state index in [9.17, 15) is 14.0 Å². The summed E-state index contributed by atoms with van der Waals surface area (Å²) < 4.78 is 19.4. The highest BCUT2D eigenvalue weighted by molar-refractivity contribution is 6.08. The number of aryl methyl sites for hydroxylation is 1. The third-order valence-corrected chi connectivity index (χ3v) is 4.60. The van der Waals surface area contributed by atoms with Gasteiger partial charge in [0.15, 0.2) is 0 Å². The van der Waals surface area contributed by atoms with Crippen LogP contribution < -0.4 is 10.6 Å². The molecule has 0 bridgehead atoms. The number of aromatic nitrogens is 2. The summed E-state index contributed by atoms with van der Waals surface area (Å²) >= 11 is 0. The summed E-state index contributed by atoms with van der Waals surface area (Å²) in [5.41, 5.74) is 1.39. The lowest BCUT2D eigenvalue weighted by Crippen LogP contribution is -2.50. The summed E-state index contributed by atoms with van der Waals surface area (Å²) in [6.45, 7) is 2.30. The van der Waals surface area contributed by atoms with Gasteiger partial charge < -0.3 is 15.2 Å². The molecule has 1 aliphatic heterocycles. The fourth-order valence-electron chi connectivity index (χ4n) is 3.23. The average Bonchev–Trinajstić information content (AvgIpc) is 3.04. The van der Waals surface area contributed by atoms with Crippen molar-refractivity contribution in [1.29, 1.82) is 0 Å². The first-order valence-corrected chi connectivity index (χ1v) is 8.65. The highest BCUT2D eigenvalue weighted by atomic mass is 19.1. The lowest BCUT2D eigenvalue weighted by Gasteiger charge is -2.23. The number of fused-ring (bicyclic) bond motifs is 1. The molecule has 1 atom stereocenters. The normalized spacial score (nSPS) is 17.0. The fourth-order valence-corrected chi connectivity index (χ4v) is 3.23. The lowest BCUT2D eigenvalue weighted by atomic mass is 10.0. The van der Waals surface area contributed by atoms with Gasteiger partial charge >= 0.3 is 0 Å². The van der Waals surface area contributed by atoms with Gasteiger partial charge in [-0.2, -0.15) is 0 Å². The van der Waals surface area contributed by atoms with Crippen molar-refractivity contribution in [1.82, 2.24) is 20.8 Å². The third kappa shape index (κ3) is 3.14. The van der Waals surface area contributed by atoms with Gasteiger partial charge in [0.2, 0.25) is 5.91 Å². The van der Waals surface area contributed by atoms with Crippen molar-refractivity contribution in [3.63, 3.8) is 0 Å². The summed E-state index contributed by atoms with van der Waals surface area (Å²) in [6.07, 6.45) is 1.35. The van der Waals surface area contributed by atoms with Crippen molar-refractivity contribution >= 4 is 22.9 Å². The predicted molar refractivity (Wildman–Crippen MR) is 95.4 cm³/mol. The SMILES string of the molecule is Cc1noc2nc(-c3ccccc3F)cc(C(=O)NC3CCCNC3=O)c12. The number of piperidine rings is 1. The Balaban J connectivity index is 1.78. The van der Waals surface area contributed by atoms with Crippen LogP contribution in [0.3, 0.4) is 0 Å². The van der Waals surface area contributed by atoms with E-state index in [1.165, 1.54) is 12.1 Å². The van der Waals surface area contributed by atoms with Crippen LogP contribution in [0.5, 0.6) is 0 Å². The Kier molecular flexibility index (Phi) is 4.31. The van der Waals surface area contributed by atoms with Crippen LogP contribution in [0.4, 0.5) is 4.39 Å². The molecule has 1 saturated heterocycles. The van der Waals surface area contributed by atoms with Crippen molar-refractivity contribution in [3.05, 3.63) is 47.4 Å². The molecule has 2 aromatic heterocycles. The van der Waals surface area contributed by atoms with Gasteiger partial charge in [-0.05, 0) is 38.0 Å². The van der Waals surface area contributed by atoms with Crippen LogP contribution in [0, 0.1) is 12.7 Å². The van der Waals surface area contributed by atoms with Gasteiger partial charge in [0.25, 0.3) is 11.6 Å². The molecule has 27 heavy (non-hydrogen) atoms. The summed E-state index contributed by atoms with van der Waals surface area (Å²) in [5.74, 6) is -1.12. The quantitative estimate of drug-likeness (QED) is 0.740. The molecule has 0 saturated carbocycles. The Hall–Kier alpha value is -3.29. The Bertz CT molecular complexity index is 1050. The molecular formula is C19H17FN4O3. The van der Waals surface area contributed by atoms with Crippen molar-refractivity contribution in [2.45, 2.75) is 25.8 Å². The number of carbonyl (C=O) groups is 2. The van der Waals surface area contributed by atoms with Crippen LogP contribution in [-0.2, 0) is 4.79 Å². The smallest absolute Gasteiger partial charge is 0.259 e. The van der Waals surface area contributed by atoms with Gasteiger partial charge in [-0.25, -0.2) is 9.37 Å². The number of amides is 2. The van der Waals surface area contributed by atoms with Gasteiger partial charge in [0.05, 0.1) is 22.3 Å². The molecule has 0 radical (unpaired) electrons. The van der Waals surface area contributed by atoms with Gasteiger partial charge in [0.1, 0.15) is 11.9 Å². The number of hydrogen-bond acceptors (Lipinski definition) is 5. The number of benzene rings is 1. The molecule has 1 fully saturated rings. The third-order valence-electron chi connectivity index (χ3n) is 4.60. The van der Waals surface area contributed by atoms with E-state index in [0.717, 1.165) is 6.42 Å². The minimum atomic E-state index is -0.605. The highest BCUT2D eigenvalue weighted by Crippen LogP contribution is 2.28. The molecule has 3 aromatic rings. The Morgan fingerprint density at radius 1 is 1.37 bits per heavy atom. The summed E-state index contributed by atoms with van der Waals surface area (Å²) in [5, 5.41) is 9.79. The van der Waals surface area contributed by atoms with Crippen LogP contribution in [0.25, 0.3) is 22.4 Å². The Morgan fingerprint density at radius 2 is 2.19 bits per heavy atom. The largest absolute Gasteiger partial charge is 0.354 e. The van der Waals surface area contributed by atoms with Gasteiger partial charge in [-0.3, -0.25) is 9.59 Å². The maximum atomic E-state index is 14.2. The summed E-state index contributed by atoms with van der Waals surface area (Å²) in [7, 11) is 0. The van der Waals surface area contributed by atoms with Crippen molar-refractivity contribution in [2.75, 3.05) is 6.54 Å². The zero-order valence-electron chi connectivity index (χ0n) is 14.6. The molecule has 1 unspecified atom stereocenters. The molecular weight excluding hydrogens is 351 g/mol. The molecule has 4 rings (SSSR count). The molecule has 138 valence electrons. The zero-order valence-corrected chi connectivity index (χ0v) is 14.6. The van der Waals surface area contributed by atoms with Gasteiger partial charge in [0, 0.05) is 12.1 Å². The minimum absolute atomic E-state index is 0.145. The first kappa shape index (κ1) is 17.1. The molecule has 2 N–H and O–H groups in total. The van der Waals surface area contributed by atoms with E-state index in [2.05, 4.69) is 20.8 Å². The number of rotatable bonds is 3. The minimum Gasteiger partial charge on any atom is -0.354 e. The number of carbonyl (C=O) groups excluding carboxylic acids is 2. The Morgan fingerprint density at radius 3 is 2.96 bits per heavy atom. The number of hydrogen-bond donors (Lipinski definition) is 2. The first-order valence-electron chi connectivity index (χ1n) is 8.65. The van der Waals surface area contributed by atoms with E-state index in [0.29, 0.717) is 24.0 Å². The number of nitrogens with zero attached hydrogens (tertiary/aromatic N) is 2. The van der Waals surface area contributed by atoms with Crippen LogP contribution in [0.15, 0.2) is 34.9 Å². The van der Waals surface area contributed by atoms with Crippen molar-refractivity contribution in [2.24, 2.45) is 0 Å². The summed E-state index contributed by atoms with van der Waals surface area (Å²) in [6, 6.07) is 7.04. The number of pyridine rings is 1. The van der Waals surface area contributed by atoms with Crippen LogP contribution >= 0.6 is 0 Å². The molecule has 2 amide bonds. The van der Waals surface area contributed by atoms with E-state index in [1.807, 2.05) is 0 Å². The zero-order chi connectivity index (χ0) is 19.0. The molecule has 8 heteroatoms. The molecule has 3 heterocycles. The maximum Gasteiger partial charge on any atom is 0.259 e. The van der Waals surface area contributed by atoms with E-state index < -0.39 is 17.8 Å². The van der Waals surface area contributed by atoms with Crippen LogP contribution in [-0.4, -0.2) is 34.5 Å². The number of nitrogens with one attached hydrogen (secondary N) is 2. The second-order valence-electron chi connectivity index (χ2n) is 6.44. The van der Waals surface area contributed by atoms with E-state index in [-0.39, 0.29) is 28.4 Å². The fraction of sp³-hybridized carbons (Fsp3) is 0.263. The molecule has 1 aromatic carbocycles. The number of halogens is 1. The monoisotopic (exact) mass is 368 g/mol. The highest BCUT2D eigenvalue weighted by Gasteiger charge is 2.26. The second-order valence-corrected chi connectivity index (χ2v) is 6.44. The van der Waals surface area contributed by atoms with Gasteiger partial charge in [-0.1, -0.05) is 17.3 Å². The molecule has 1 aliphatic rings.